The molecule has 29 heavy (non-hydrogen) atoms. The Hall–Kier alpha value is -3.09. The zero-order chi connectivity index (χ0) is 20.9. The Labute approximate surface area is 166 Å². The molecule has 0 saturated heterocycles. The highest BCUT2D eigenvalue weighted by Gasteiger charge is 2.39. The zero-order valence-electron chi connectivity index (χ0n) is 16.5. The summed E-state index contributed by atoms with van der Waals surface area (Å²) >= 11 is 0. The molecule has 1 unspecified atom stereocenters. The van der Waals surface area contributed by atoms with Gasteiger partial charge in [-0.1, -0.05) is 35.5 Å². The molecule has 150 valence electrons. The van der Waals surface area contributed by atoms with Gasteiger partial charge >= 0.3 is 6.18 Å². The second-order valence-electron chi connectivity index (χ2n) is 7.22. The Bertz CT molecular complexity index is 1170. The fraction of sp³-hybridized carbons (Fsp3) is 0.273. The van der Waals surface area contributed by atoms with Crippen molar-refractivity contribution in [3.8, 4) is 11.1 Å². The maximum atomic E-state index is 14.1. The van der Waals surface area contributed by atoms with Crippen molar-refractivity contribution in [2.75, 3.05) is 0 Å². The van der Waals surface area contributed by atoms with Crippen LogP contribution in [0.1, 0.15) is 41.2 Å². The molecule has 4 aromatic rings. The van der Waals surface area contributed by atoms with Crippen molar-refractivity contribution >= 4 is 11.0 Å². The van der Waals surface area contributed by atoms with Crippen molar-refractivity contribution in [2.45, 2.75) is 39.9 Å². The van der Waals surface area contributed by atoms with E-state index >= 15 is 0 Å². The van der Waals surface area contributed by atoms with E-state index in [9.17, 15) is 13.2 Å². The maximum Gasteiger partial charge on any atom is 0.431 e. The van der Waals surface area contributed by atoms with E-state index in [-0.39, 0.29) is 5.56 Å². The SMILES string of the molecule is Cc1noc(C)c1-c1cnc2c(C)c(C(F)(F)F)n(C(C)c3ccccc3)c2c1. The highest BCUT2D eigenvalue weighted by molar-refractivity contribution is 5.86. The lowest BCUT2D eigenvalue weighted by atomic mass is 10.1. The standard InChI is InChI=1S/C22H20F3N3O/c1-12-20-18(10-17(11-26-20)19-13(2)27-29-15(19)4)28(21(12)22(23,24)25)14(3)16-8-6-5-7-9-16/h5-11,14H,1-4H3. The first kappa shape index (κ1) is 19.2. The van der Waals surface area contributed by atoms with Crippen LogP contribution in [0.4, 0.5) is 13.2 Å². The highest BCUT2D eigenvalue weighted by atomic mass is 19.4. The van der Waals surface area contributed by atoms with Crippen LogP contribution in [0.25, 0.3) is 22.2 Å². The Morgan fingerprint density at radius 2 is 1.76 bits per heavy atom. The lowest BCUT2D eigenvalue weighted by molar-refractivity contribution is -0.144. The Balaban J connectivity index is 2.04. The molecule has 4 nitrogen and oxygen atoms in total. The molecule has 0 N–H and O–H groups in total. The normalized spacial score (nSPS) is 13.2. The third-order valence-corrected chi connectivity index (χ3v) is 5.34. The summed E-state index contributed by atoms with van der Waals surface area (Å²) in [5, 5.41) is 3.95. The molecule has 0 saturated carbocycles. The van der Waals surface area contributed by atoms with Gasteiger partial charge in [0, 0.05) is 22.9 Å². The Kier molecular flexibility index (Phi) is 4.48. The van der Waals surface area contributed by atoms with Gasteiger partial charge < -0.3 is 9.09 Å². The molecular weight excluding hydrogens is 379 g/mol. The van der Waals surface area contributed by atoms with Gasteiger partial charge in [-0.05, 0) is 39.3 Å². The van der Waals surface area contributed by atoms with Crippen LogP contribution in [-0.4, -0.2) is 14.7 Å². The quantitative estimate of drug-likeness (QED) is 0.409. The van der Waals surface area contributed by atoms with E-state index in [0.717, 1.165) is 11.1 Å². The summed E-state index contributed by atoms with van der Waals surface area (Å²) in [6.45, 7) is 6.82. The van der Waals surface area contributed by atoms with Crippen LogP contribution in [0.5, 0.6) is 0 Å². The molecule has 1 atom stereocenters. The molecular formula is C22H20F3N3O. The number of halogens is 3. The maximum absolute atomic E-state index is 14.1. The summed E-state index contributed by atoms with van der Waals surface area (Å²) < 4.78 is 48.7. The predicted molar refractivity (Wildman–Crippen MR) is 105 cm³/mol. The second-order valence-corrected chi connectivity index (χ2v) is 7.22. The molecule has 0 bridgehead atoms. The summed E-state index contributed by atoms with van der Waals surface area (Å²) in [7, 11) is 0. The summed E-state index contributed by atoms with van der Waals surface area (Å²) in [6, 6.07) is 10.4. The van der Waals surface area contributed by atoms with Gasteiger partial charge in [0.2, 0.25) is 0 Å². The van der Waals surface area contributed by atoms with Gasteiger partial charge in [-0.2, -0.15) is 13.2 Å². The van der Waals surface area contributed by atoms with Crippen molar-refractivity contribution in [2.24, 2.45) is 0 Å². The molecule has 0 aliphatic carbocycles. The van der Waals surface area contributed by atoms with E-state index < -0.39 is 17.9 Å². The largest absolute Gasteiger partial charge is 0.431 e. The van der Waals surface area contributed by atoms with E-state index in [1.807, 2.05) is 30.3 Å². The second kappa shape index (κ2) is 6.76. The van der Waals surface area contributed by atoms with Crippen molar-refractivity contribution in [1.29, 1.82) is 0 Å². The lowest BCUT2D eigenvalue weighted by Crippen LogP contribution is -2.18. The van der Waals surface area contributed by atoms with Crippen molar-refractivity contribution < 1.29 is 17.7 Å². The van der Waals surface area contributed by atoms with Crippen LogP contribution < -0.4 is 0 Å². The summed E-state index contributed by atoms with van der Waals surface area (Å²) in [6.07, 6.45) is -2.92. The van der Waals surface area contributed by atoms with E-state index in [4.69, 9.17) is 4.52 Å². The van der Waals surface area contributed by atoms with Gasteiger partial charge in [0.15, 0.2) is 0 Å². The molecule has 0 fully saturated rings. The number of hydrogen-bond donors (Lipinski definition) is 0. The molecule has 7 heteroatoms. The van der Waals surface area contributed by atoms with Crippen LogP contribution in [0.15, 0.2) is 47.1 Å². The minimum Gasteiger partial charge on any atom is -0.361 e. The summed E-state index contributed by atoms with van der Waals surface area (Å²) in [5.41, 5.74) is 3.13. The van der Waals surface area contributed by atoms with Crippen LogP contribution in [0, 0.1) is 20.8 Å². The number of benzene rings is 1. The molecule has 0 aliphatic rings. The first-order valence-electron chi connectivity index (χ1n) is 9.26. The van der Waals surface area contributed by atoms with Crippen molar-refractivity contribution in [1.82, 2.24) is 14.7 Å². The van der Waals surface area contributed by atoms with Crippen LogP contribution in [-0.2, 0) is 6.18 Å². The number of nitrogens with zero attached hydrogens (tertiary/aromatic N) is 3. The van der Waals surface area contributed by atoms with E-state index in [1.165, 1.54) is 11.5 Å². The van der Waals surface area contributed by atoms with Crippen LogP contribution in [0.2, 0.25) is 0 Å². The Morgan fingerprint density at radius 3 is 2.34 bits per heavy atom. The molecule has 3 heterocycles. The minimum atomic E-state index is -4.50. The molecule has 0 aliphatic heterocycles. The third-order valence-electron chi connectivity index (χ3n) is 5.34. The van der Waals surface area contributed by atoms with Gasteiger partial charge in [-0.15, -0.1) is 0 Å². The molecule has 4 rings (SSSR count). The van der Waals surface area contributed by atoms with Crippen molar-refractivity contribution in [3.05, 3.63) is 70.9 Å². The van der Waals surface area contributed by atoms with Gasteiger partial charge in [-0.3, -0.25) is 4.98 Å². The van der Waals surface area contributed by atoms with Gasteiger partial charge in [0.1, 0.15) is 11.5 Å². The van der Waals surface area contributed by atoms with E-state index in [1.54, 1.807) is 33.0 Å². The lowest BCUT2D eigenvalue weighted by Gasteiger charge is -2.21. The number of fused-ring (bicyclic) bond motifs is 1. The summed E-state index contributed by atoms with van der Waals surface area (Å²) in [5.74, 6) is 0.602. The minimum absolute atomic E-state index is 0.126. The highest BCUT2D eigenvalue weighted by Crippen LogP contribution is 2.41. The number of alkyl halides is 3. The number of rotatable bonds is 3. The molecule has 0 spiro atoms. The predicted octanol–water partition coefficient (Wildman–Crippen LogP) is 6.24. The summed E-state index contributed by atoms with van der Waals surface area (Å²) in [4.78, 5) is 4.40. The number of aryl methyl sites for hydroxylation is 3. The average Bonchev–Trinajstić information content (AvgIpc) is 3.17. The fourth-order valence-electron chi connectivity index (χ4n) is 4.00. The number of aromatic nitrogens is 3. The molecule has 0 amide bonds. The monoisotopic (exact) mass is 399 g/mol. The molecule has 3 aromatic heterocycles. The first-order valence-corrected chi connectivity index (χ1v) is 9.26. The molecule has 0 radical (unpaired) electrons. The van der Waals surface area contributed by atoms with Gasteiger partial charge in [0.05, 0.1) is 22.8 Å². The average molecular weight is 399 g/mol. The van der Waals surface area contributed by atoms with Gasteiger partial charge in [0.25, 0.3) is 0 Å². The zero-order valence-corrected chi connectivity index (χ0v) is 16.5. The number of pyridine rings is 1. The van der Waals surface area contributed by atoms with Crippen LogP contribution in [0.3, 0.4) is 0 Å². The van der Waals surface area contributed by atoms with Crippen LogP contribution >= 0.6 is 0 Å². The number of hydrogen-bond acceptors (Lipinski definition) is 3. The smallest absolute Gasteiger partial charge is 0.361 e. The van der Waals surface area contributed by atoms with E-state index in [0.29, 0.717) is 28.1 Å². The molecule has 1 aromatic carbocycles. The van der Waals surface area contributed by atoms with Gasteiger partial charge in [-0.25, -0.2) is 0 Å². The Morgan fingerprint density at radius 1 is 1.07 bits per heavy atom. The van der Waals surface area contributed by atoms with E-state index in [2.05, 4.69) is 10.1 Å². The topological polar surface area (TPSA) is 43.9 Å². The third kappa shape index (κ3) is 3.10. The first-order chi connectivity index (χ1) is 13.7. The fourth-order valence-corrected chi connectivity index (χ4v) is 4.00. The van der Waals surface area contributed by atoms with Crippen molar-refractivity contribution in [3.63, 3.8) is 0 Å².